The molecule has 1 atom stereocenters. The number of ether oxygens (including phenoxy) is 1. The monoisotopic (exact) mass is 502 g/mol. The first-order chi connectivity index (χ1) is 15.9. The fourth-order valence-electron chi connectivity index (χ4n) is 3.29. The summed E-state index contributed by atoms with van der Waals surface area (Å²) in [6, 6.07) is 13.9. The van der Waals surface area contributed by atoms with E-state index in [2.05, 4.69) is 30.1 Å². The van der Waals surface area contributed by atoms with Gasteiger partial charge in [0.15, 0.2) is 0 Å². The van der Waals surface area contributed by atoms with Crippen molar-refractivity contribution in [3.8, 4) is 0 Å². The molecule has 0 aliphatic heterocycles. The van der Waals surface area contributed by atoms with Crippen LogP contribution in [0.25, 0.3) is 10.9 Å². The zero-order chi connectivity index (χ0) is 24.9. The fraction of sp³-hybridized carbons (Fsp3) is 0.348. The maximum atomic E-state index is 12.8. The number of amides is 2. The van der Waals surface area contributed by atoms with Gasteiger partial charge in [-0.15, -0.1) is 0 Å². The molecule has 2 amide bonds. The molecule has 0 spiro atoms. The molecule has 3 rings (SSSR count). The van der Waals surface area contributed by atoms with Crippen LogP contribution in [-0.4, -0.2) is 49.5 Å². The van der Waals surface area contributed by atoms with Crippen LogP contribution in [0.2, 0.25) is 25.7 Å². The third-order valence-electron chi connectivity index (χ3n) is 5.26. The van der Waals surface area contributed by atoms with Crippen molar-refractivity contribution in [1.82, 2.24) is 14.5 Å². The van der Waals surface area contributed by atoms with E-state index < -0.39 is 36.1 Å². The highest BCUT2D eigenvalue weighted by Crippen LogP contribution is 2.20. The van der Waals surface area contributed by atoms with Crippen molar-refractivity contribution in [3.63, 3.8) is 0 Å². The number of rotatable bonds is 10. The first-order valence-corrected chi connectivity index (χ1v) is 16.2. The van der Waals surface area contributed by atoms with Gasteiger partial charge < -0.3 is 15.8 Å². The Labute approximate surface area is 200 Å². The van der Waals surface area contributed by atoms with Crippen LogP contribution in [-0.2, 0) is 32.6 Å². The van der Waals surface area contributed by atoms with Crippen LogP contribution in [0.5, 0.6) is 0 Å². The van der Waals surface area contributed by atoms with Crippen molar-refractivity contribution in [2.75, 3.05) is 5.75 Å². The highest BCUT2D eigenvalue weighted by molar-refractivity contribution is 7.90. The van der Waals surface area contributed by atoms with Crippen LogP contribution in [0.15, 0.2) is 54.7 Å². The summed E-state index contributed by atoms with van der Waals surface area (Å²) in [7, 11) is -5.11. The summed E-state index contributed by atoms with van der Waals surface area (Å²) in [5.41, 5.74) is 7.45. The zero-order valence-electron chi connectivity index (χ0n) is 19.5. The molecule has 2 aromatic carbocycles. The summed E-state index contributed by atoms with van der Waals surface area (Å²) < 4.78 is 31.8. The maximum Gasteiger partial charge on any atom is 0.408 e. The largest absolute Gasteiger partial charge is 0.445 e. The molecule has 1 aromatic heterocycles. The van der Waals surface area contributed by atoms with Crippen molar-refractivity contribution in [2.45, 2.75) is 44.8 Å². The SMILES string of the molecule is C[Si](C)(C)CCS(=O)(=O)n1ncc2cc(C[C@H](NC(=O)OCc3ccccc3)C(N)=O)ccc21. The van der Waals surface area contributed by atoms with Gasteiger partial charge in [-0.2, -0.15) is 9.19 Å². The molecule has 34 heavy (non-hydrogen) atoms. The van der Waals surface area contributed by atoms with Gasteiger partial charge in [0.05, 0.1) is 17.5 Å². The van der Waals surface area contributed by atoms with E-state index in [1.165, 1.54) is 6.20 Å². The zero-order valence-corrected chi connectivity index (χ0v) is 21.3. The Bertz CT molecular complexity index is 1270. The molecular formula is C23H30N4O5SSi. The van der Waals surface area contributed by atoms with E-state index in [1.54, 1.807) is 18.2 Å². The molecule has 0 saturated carbocycles. The second kappa shape index (κ2) is 10.4. The minimum absolute atomic E-state index is 0.0417. The predicted octanol–water partition coefficient (Wildman–Crippen LogP) is 2.88. The highest BCUT2D eigenvalue weighted by Gasteiger charge is 2.23. The van der Waals surface area contributed by atoms with Crippen molar-refractivity contribution in [3.05, 3.63) is 65.9 Å². The van der Waals surface area contributed by atoms with Gasteiger partial charge in [-0.05, 0) is 29.3 Å². The third kappa shape index (κ3) is 6.91. The van der Waals surface area contributed by atoms with E-state index >= 15 is 0 Å². The Morgan fingerprint density at radius 3 is 2.47 bits per heavy atom. The Hall–Kier alpha value is -3.18. The molecule has 3 N–H and O–H groups in total. The molecule has 3 aromatic rings. The van der Waals surface area contributed by atoms with Crippen LogP contribution >= 0.6 is 0 Å². The quantitative estimate of drug-likeness (QED) is 0.410. The number of primary amides is 1. The number of carbonyl (C=O) groups is 2. The average Bonchev–Trinajstić information content (AvgIpc) is 3.20. The first-order valence-electron chi connectivity index (χ1n) is 10.9. The lowest BCUT2D eigenvalue weighted by Gasteiger charge is -2.16. The number of aromatic nitrogens is 2. The molecule has 0 aliphatic carbocycles. The fourth-order valence-corrected chi connectivity index (χ4v) is 7.61. The third-order valence-corrected chi connectivity index (χ3v) is 8.91. The van der Waals surface area contributed by atoms with Crippen molar-refractivity contribution < 1.29 is 22.7 Å². The molecular weight excluding hydrogens is 472 g/mol. The van der Waals surface area contributed by atoms with Crippen LogP contribution in [0, 0.1) is 0 Å². The number of carbonyl (C=O) groups excluding carboxylic acids is 2. The van der Waals surface area contributed by atoms with E-state index in [0.29, 0.717) is 22.5 Å². The molecule has 0 aliphatic rings. The van der Waals surface area contributed by atoms with Gasteiger partial charge in [-0.3, -0.25) is 4.79 Å². The normalized spacial score (nSPS) is 12.9. The topological polar surface area (TPSA) is 133 Å². The molecule has 0 saturated heterocycles. The lowest BCUT2D eigenvalue weighted by Crippen LogP contribution is -2.46. The van der Waals surface area contributed by atoms with E-state index in [1.807, 2.05) is 30.3 Å². The van der Waals surface area contributed by atoms with Crippen molar-refractivity contribution >= 4 is 41.0 Å². The van der Waals surface area contributed by atoms with Crippen molar-refractivity contribution in [2.24, 2.45) is 5.73 Å². The van der Waals surface area contributed by atoms with Gasteiger partial charge in [0.25, 0.3) is 10.0 Å². The lowest BCUT2D eigenvalue weighted by atomic mass is 10.0. The van der Waals surface area contributed by atoms with Gasteiger partial charge in [0.2, 0.25) is 5.91 Å². The summed E-state index contributed by atoms with van der Waals surface area (Å²) in [5, 5.41) is 7.20. The van der Waals surface area contributed by atoms with Crippen LogP contribution in [0.1, 0.15) is 11.1 Å². The number of nitrogens with two attached hydrogens (primary N) is 1. The minimum atomic E-state index is -3.58. The number of alkyl carbamates (subject to hydrolysis) is 1. The number of nitrogens with zero attached hydrogens (tertiary/aromatic N) is 2. The van der Waals surface area contributed by atoms with Crippen LogP contribution < -0.4 is 11.1 Å². The van der Waals surface area contributed by atoms with Gasteiger partial charge in [0.1, 0.15) is 12.6 Å². The molecule has 9 nitrogen and oxygen atoms in total. The van der Waals surface area contributed by atoms with Crippen LogP contribution in [0.4, 0.5) is 4.79 Å². The molecule has 0 fully saturated rings. The Kier molecular flexibility index (Phi) is 7.77. The van der Waals surface area contributed by atoms with Crippen LogP contribution in [0.3, 0.4) is 0 Å². The van der Waals surface area contributed by atoms with E-state index in [4.69, 9.17) is 10.5 Å². The highest BCUT2D eigenvalue weighted by atomic mass is 32.2. The lowest BCUT2D eigenvalue weighted by molar-refractivity contribution is -0.119. The molecule has 0 radical (unpaired) electrons. The molecule has 1 heterocycles. The molecule has 182 valence electrons. The smallest absolute Gasteiger partial charge is 0.408 e. The maximum absolute atomic E-state index is 12.8. The first kappa shape index (κ1) is 25.4. The summed E-state index contributed by atoms with van der Waals surface area (Å²) >= 11 is 0. The van der Waals surface area contributed by atoms with E-state index in [-0.39, 0.29) is 18.8 Å². The number of hydrogen-bond acceptors (Lipinski definition) is 6. The number of nitrogens with one attached hydrogen (secondary N) is 1. The summed E-state index contributed by atoms with van der Waals surface area (Å²) in [6.45, 7) is 6.43. The summed E-state index contributed by atoms with van der Waals surface area (Å²) in [4.78, 5) is 24.1. The Balaban J connectivity index is 1.69. The standard InChI is InChI=1S/C23H30N4O5SSi/c1-34(2,3)12-11-33(30,31)27-21-10-9-18(13-19(21)15-25-27)14-20(22(24)28)26-23(29)32-16-17-7-5-4-6-8-17/h4-10,13,15,20H,11-12,14,16H2,1-3H3,(H2,24,28)(H,26,29)/t20-/m0/s1. The second-order valence-electron chi connectivity index (χ2n) is 9.37. The summed E-state index contributed by atoms with van der Waals surface area (Å²) in [5.74, 6) is -0.665. The Morgan fingerprint density at radius 2 is 1.82 bits per heavy atom. The van der Waals surface area contributed by atoms with Crippen molar-refractivity contribution in [1.29, 1.82) is 0 Å². The van der Waals surface area contributed by atoms with E-state index in [9.17, 15) is 18.0 Å². The van der Waals surface area contributed by atoms with E-state index in [0.717, 1.165) is 9.65 Å². The summed E-state index contributed by atoms with van der Waals surface area (Å²) in [6.07, 6.45) is 0.848. The predicted molar refractivity (Wildman–Crippen MR) is 134 cm³/mol. The molecule has 0 unspecified atom stereocenters. The van der Waals surface area contributed by atoms with Gasteiger partial charge in [0, 0.05) is 19.9 Å². The minimum Gasteiger partial charge on any atom is -0.445 e. The Morgan fingerprint density at radius 1 is 1.12 bits per heavy atom. The molecule has 11 heteroatoms. The average molecular weight is 503 g/mol. The van der Waals surface area contributed by atoms with Gasteiger partial charge in [-0.25, -0.2) is 13.2 Å². The van der Waals surface area contributed by atoms with Gasteiger partial charge >= 0.3 is 6.09 Å². The number of hydrogen-bond donors (Lipinski definition) is 2. The molecule has 0 bridgehead atoms. The second-order valence-corrected chi connectivity index (χ2v) is 16.9. The van der Waals surface area contributed by atoms with Gasteiger partial charge in [-0.1, -0.05) is 56.0 Å². The number of benzene rings is 2. The number of fused-ring (bicyclic) bond motifs is 1.